The summed E-state index contributed by atoms with van der Waals surface area (Å²) >= 11 is 0. The van der Waals surface area contributed by atoms with Crippen molar-refractivity contribution >= 4 is 0 Å². The van der Waals surface area contributed by atoms with Crippen molar-refractivity contribution in [3.63, 3.8) is 0 Å². The maximum absolute atomic E-state index is 6.07. The van der Waals surface area contributed by atoms with Crippen LogP contribution in [-0.4, -0.2) is 30.6 Å². The van der Waals surface area contributed by atoms with E-state index in [2.05, 4.69) is 11.8 Å². The standard InChI is InChI=1S/C9H18N2/c1-2-11-5-7-3-4-8(6-11)9(7)10/h7-9H,2-6,10H2,1H3. The first-order chi connectivity index (χ1) is 5.31. The first-order valence-corrected chi connectivity index (χ1v) is 4.79. The van der Waals surface area contributed by atoms with Crippen molar-refractivity contribution in [2.75, 3.05) is 19.6 Å². The minimum atomic E-state index is 0.526. The highest BCUT2D eigenvalue weighted by molar-refractivity contribution is 4.94. The molecular formula is C9H18N2. The molecule has 2 aliphatic rings. The minimum Gasteiger partial charge on any atom is -0.327 e. The van der Waals surface area contributed by atoms with Gasteiger partial charge in [0.1, 0.15) is 0 Å². The van der Waals surface area contributed by atoms with E-state index >= 15 is 0 Å². The summed E-state index contributed by atoms with van der Waals surface area (Å²) in [5.74, 6) is 1.63. The van der Waals surface area contributed by atoms with Crippen molar-refractivity contribution in [2.45, 2.75) is 25.8 Å². The smallest absolute Gasteiger partial charge is 0.0120 e. The predicted molar refractivity (Wildman–Crippen MR) is 46.3 cm³/mol. The molecule has 0 aromatic rings. The second-order valence-corrected chi connectivity index (χ2v) is 4.03. The Labute approximate surface area is 68.7 Å². The van der Waals surface area contributed by atoms with Crippen molar-refractivity contribution in [2.24, 2.45) is 17.6 Å². The molecule has 64 valence electrons. The number of nitrogens with zero attached hydrogens (tertiary/aromatic N) is 1. The Morgan fingerprint density at radius 1 is 1.27 bits per heavy atom. The molecule has 2 rings (SSSR count). The molecule has 2 heteroatoms. The van der Waals surface area contributed by atoms with Crippen LogP contribution in [0.5, 0.6) is 0 Å². The first kappa shape index (κ1) is 7.56. The Bertz CT molecular complexity index is 132. The molecule has 2 bridgehead atoms. The van der Waals surface area contributed by atoms with Crippen molar-refractivity contribution in [1.29, 1.82) is 0 Å². The molecule has 1 saturated carbocycles. The molecule has 2 atom stereocenters. The van der Waals surface area contributed by atoms with Crippen LogP contribution in [0.15, 0.2) is 0 Å². The largest absolute Gasteiger partial charge is 0.327 e. The number of rotatable bonds is 1. The zero-order chi connectivity index (χ0) is 7.84. The maximum Gasteiger partial charge on any atom is 0.0120 e. The monoisotopic (exact) mass is 154 g/mol. The number of fused-ring (bicyclic) bond motifs is 2. The summed E-state index contributed by atoms with van der Waals surface area (Å²) in [6, 6.07) is 0.526. The van der Waals surface area contributed by atoms with Crippen LogP contribution in [0, 0.1) is 11.8 Å². The van der Waals surface area contributed by atoms with Crippen LogP contribution < -0.4 is 5.73 Å². The summed E-state index contributed by atoms with van der Waals surface area (Å²) < 4.78 is 0. The second kappa shape index (κ2) is 2.76. The van der Waals surface area contributed by atoms with Gasteiger partial charge in [-0.2, -0.15) is 0 Å². The van der Waals surface area contributed by atoms with E-state index in [0.717, 1.165) is 11.8 Å². The highest BCUT2D eigenvalue weighted by Gasteiger charge is 2.38. The highest BCUT2D eigenvalue weighted by Crippen LogP contribution is 2.35. The molecule has 2 N–H and O–H groups in total. The summed E-state index contributed by atoms with van der Waals surface area (Å²) in [6.07, 6.45) is 2.75. The fourth-order valence-corrected chi connectivity index (χ4v) is 2.62. The zero-order valence-corrected chi connectivity index (χ0v) is 7.29. The summed E-state index contributed by atoms with van der Waals surface area (Å²) in [5, 5.41) is 0. The quantitative estimate of drug-likeness (QED) is 0.601. The van der Waals surface area contributed by atoms with E-state index in [9.17, 15) is 0 Å². The van der Waals surface area contributed by atoms with E-state index in [1.165, 1.54) is 32.5 Å². The van der Waals surface area contributed by atoms with Crippen molar-refractivity contribution < 1.29 is 0 Å². The zero-order valence-electron chi connectivity index (χ0n) is 7.29. The van der Waals surface area contributed by atoms with Crippen molar-refractivity contribution in [3.8, 4) is 0 Å². The number of hydrogen-bond donors (Lipinski definition) is 1. The maximum atomic E-state index is 6.07. The van der Waals surface area contributed by atoms with Crippen LogP contribution in [0.3, 0.4) is 0 Å². The van der Waals surface area contributed by atoms with Gasteiger partial charge in [0.05, 0.1) is 0 Å². The average Bonchev–Trinajstić information content (AvgIpc) is 2.26. The Kier molecular flexibility index (Phi) is 1.90. The van der Waals surface area contributed by atoms with E-state index in [-0.39, 0.29) is 0 Å². The normalized spacial score (nSPS) is 44.7. The van der Waals surface area contributed by atoms with E-state index < -0.39 is 0 Å². The van der Waals surface area contributed by atoms with Crippen LogP contribution in [-0.2, 0) is 0 Å². The molecule has 0 radical (unpaired) electrons. The van der Waals surface area contributed by atoms with Crippen LogP contribution in [0.1, 0.15) is 19.8 Å². The van der Waals surface area contributed by atoms with Crippen LogP contribution in [0.25, 0.3) is 0 Å². The molecule has 2 unspecified atom stereocenters. The lowest BCUT2D eigenvalue weighted by Crippen LogP contribution is -2.48. The van der Waals surface area contributed by atoms with Crippen molar-refractivity contribution in [1.82, 2.24) is 4.90 Å². The number of piperidine rings is 1. The SMILES string of the molecule is CCN1CC2CCC(C1)C2N. The lowest BCUT2D eigenvalue weighted by Gasteiger charge is -2.35. The lowest BCUT2D eigenvalue weighted by atomic mass is 9.93. The van der Waals surface area contributed by atoms with Gasteiger partial charge in [-0.1, -0.05) is 6.92 Å². The Morgan fingerprint density at radius 3 is 2.27 bits per heavy atom. The lowest BCUT2D eigenvalue weighted by molar-refractivity contribution is 0.154. The predicted octanol–water partition coefficient (Wildman–Crippen LogP) is 0.675. The van der Waals surface area contributed by atoms with E-state index in [1.54, 1.807) is 0 Å². The molecule has 0 aromatic heterocycles. The summed E-state index contributed by atoms with van der Waals surface area (Å²) in [4.78, 5) is 2.55. The fraction of sp³-hybridized carbons (Fsp3) is 1.00. The van der Waals surface area contributed by atoms with Gasteiger partial charge in [0.15, 0.2) is 0 Å². The molecular weight excluding hydrogens is 136 g/mol. The second-order valence-electron chi connectivity index (χ2n) is 4.03. The molecule has 1 aliphatic carbocycles. The molecule has 0 aromatic carbocycles. The molecule has 2 nitrogen and oxygen atoms in total. The Morgan fingerprint density at radius 2 is 1.82 bits per heavy atom. The van der Waals surface area contributed by atoms with Gasteiger partial charge >= 0.3 is 0 Å². The Balaban J connectivity index is 2.02. The molecule has 0 amide bonds. The highest BCUT2D eigenvalue weighted by atomic mass is 15.1. The number of nitrogens with two attached hydrogens (primary N) is 1. The van der Waals surface area contributed by atoms with Gasteiger partial charge in [0.25, 0.3) is 0 Å². The number of hydrogen-bond acceptors (Lipinski definition) is 2. The molecule has 2 fully saturated rings. The van der Waals surface area contributed by atoms with Gasteiger partial charge in [0, 0.05) is 19.1 Å². The van der Waals surface area contributed by atoms with Gasteiger partial charge < -0.3 is 10.6 Å². The number of likely N-dealkylation sites (tertiary alicyclic amines) is 1. The van der Waals surface area contributed by atoms with Gasteiger partial charge in [-0.25, -0.2) is 0 Å². The van der Waals surface area contributed by atoms with E-state index in [0.29, 0.717) is 6.04 Å². The summed E-state index contributed by atoms with van der Waals surface area (Å²) in [6.45, 7) is 5.97. The summed E-state index contributed by atoms with van der Waals surface area (Å²) in [5.41, 5.74) is 6.07. The van der Waals surface area contributed by atoms with Crippen LogP contribution in [0.4, 0.5) is 0 Å². The van der Waals surface area contributed by atoms with Gasteiger partial charge in [-0.15, -0.1) is 0 Å². The third kappa shape index (κ3) is 1.18. The third-order valence-electron chi connectivity index (χ3n) is 3.43. The van der Waals surface area contributed by atoms with Gasteiger partial charge in [-0.05, 0) is 31.2 Å². The van der Waals surface area contributed by atoms with E-state index in [1.807, 2.05) is 0 Å². The fourth-order valence-electron chi connectivity index (χ4n) is 2.62. The third-order valence-corrected chi connectivity index (χ3v) is 3.43. The Hall–Kier alpha value is -0.0800. The first-order valence-electron chi connectivity index (χ1n) is 4.79. The molecule has 1 aliphatic heterocycles. The minimum absolute atomic E-state index is 0.526. The van der Waals surface area contributed by atoms with Crippen molar-refractivity contribution in [3.05, 3.63) is 0 Å². The topological polar surface area (TPSA) is 29.3 Å². The molecule has 11 heavy (non-hydrogen) atoms. The molecule has 1 heterocycles. The molecule has 1 saturated heterocycles. The van der Waals surface area contributed by atoms with Gasteiger partial charge in [-0.3, -0.25) is 0 Å². The van der Waals surface area contributed by atoms with E-state index in [4.69, 9.17) is 5.73 Å². The van der Waals surface area contributed by atoms with Crippen LogP contribution in [0.2, 0.25) is 0 Å². The molecule has 0 spiro atoms. The summed E-state index contributed by atoms with van der Waals surface area (Å²) in [7, 11) is 0. The van der Waals surface area contributed by atoms with Crippen LogP contribution >= 0.6 is 0 Å². The van der Waals surface area contributed by atoms with Gasteiger partial charge in [0.2, 0.25) is 0 Å². The average molecular weight is 154 g/mol.